The van der Waals surface area contributed by atoms with Crippen molar-refractivity contribution in [1.29, 1.82) is 0 Å². The van der Waals surface area contributed by atoms with E-state index in [1.807, 2.05) is 24.3 Å². The van der Waals surface area contributed by atoms with Crippen molar-refractivity contribution in [1.82, 2.24) is 4.90 Å². The van der Waals surface area contributed by atoms with Gasteiger partial charge in [-0.2, -0.15) is 4.99 Å². The molecule has 3 N–H and O–H groups in total. The lowest BCUT2D eigenvalue weighted by molar-refractivity contribution is 0.415. The number of methoxy groups -OCH3 is 1. The minimum atomic E-state index is -0.386. The van der Waals surface area contributed by atoms with Gasteiger partial charge in [0, 0.05) is 24.5 Å². The highest BCUT2D eigenvalue weighted by molar-refractivity contribution is 6.06. The van der Waals surface area contributed by atoms with Gasteiger partial charge in [0.2, 0.25) is 18.2 Å². The lowest BCUT2D eigenvalue weighted by atomic mass is 10.2. The monoisotopic (exact) mass is 414 g/mol. The van der Waals surface area contributed by atoms with Crippen LogP contribution in [0.2, 0.25) is 0 Å². The van der Waals surface area contributed by atoms with Crippen LogP contribution in [-0.4, -0.2) is 43.3 Å². The predicted molar refractivity (Wildman–Crippen MR) is 121 cm³/mol. The number of aliphatic imine (C=N–C) groups is 2. The van der Waals surface area contributed by atoms with Gasteiger partial charge in [-0.05, 0) is 61.7 Å². The molecular formula is C21H27ClN6O. The summed E-state index contributed by atoms with van der Waals surface area (Å²) >= 11 is 0. The highest BCUT2D eigenvalue weighted by Crippen LogP contribution is 2.26. The molecule has 2 heterocycles. The van der Waals surface area contributed by atoms with Crippen molar-refractivity contribution in [3.8, 4) is 5.75 Å². The number of likely N-dealkylation sites (tertiary alicyclic amines) is 1. The largest absolute Gasteiger partial charge is 0.497 e. The summed E-state index contributed by atoms with van der Waals surface area (Å²) in [7, 11) is 1.66. The number of guanidine groups is 2. The molecule has 2 aliphatic rings. The number of aryl methyl sites for hydroxylation is 1. The third kappa shape index (κ3) is 4.56. The average Bonchev–Trinajstić information content (AvgIpc) is 3.23. The summed E-state index contributed by atoms with van der Waals surface area (Å²) in [5.74, 6) is 1.95. The minimum Gasteiger partial charge on any atom is -0.497 e. The van der Waals surface area contributed by atoms with E-state index in [1.54, 1.807) is 7.11 Å². The van der Waals surface area contributed by atoms with Crippen LogP contribution in [0.15, 0.2) is 58.5 Å². The summed E-state index contributed by atoms with van der Waals surface area (Å²) in [6, 6.07) is 16.2. The molecule has 1 fully saturated rings. The van der Waals surface area contributed by atoms with Gasteiger partial charge in [-0.15, -0.1) is 12.4 Å². The first-order chi connectivity index (χ1) is 13.6. The fraction of sp³-hybridized carbons (Fsp3) is 0.333. The zero-order chi connectivity index (χ0) is 19.5. The van der Waals surface area contributed by atoms with Crippen LogP contribution >= 0.6 is 12.4 Å². The van der Waals surface area contributed by atoms with Gasteiger partial charge in [-0.25, -0.2) is 4.99 Å². The molecular weight excluding hydrogens is 388 g/mol. The van der Waals surface area contributed by atoms with Crippen molar-refractivity contribution >= 4 is 35.7 Å². The SMILES string of the molecule is COc1ccc(NC2N=C(N)N=C(N3CCCC3)N2c2cccc(C)c2)cc1.Cl. The van der Waals surface area contributed by atoms with Gasteiger partial charge in [0.25, 0.3) is 0 Å². The smallest absolute Gasteiger partial charge is 0.222 e. The van der Waals surface area contributed by atoms with Crippen LogP contribution in [0.3, 0.4) is 0 Å². The van der Waals surface area contributed by atoms with E-state index in [0.717, 1.165) is 49.0 Å². The molecule has 1 unspecified atom stereocenters. The molecule has 8 heteroatoms. The van der Waals surface area contributed by atoms with E-state index < -0.39 is 0 Å². The number of rotatable bonds is 4. The average molecular weight is 415 g/mol. The molecule has 154 valence electrons. The van der Waals surface area contributed by atoms with E-state index in [0.29, 0.717) is 0 Å². The number of nitrogens with two attached hydrogens (primary N) is 1. The standard InChI is InChI=1S/C21H26N6O.ClH/c1-15-6-5-7-17(14-15)27-20(23-16-8-10-18(28-2)11-9-16)24-19(22)25-21(27)26-12-3-4-13-26;/h5-11,14,20,23H,3-4,12-13H2,1-2H3,(H2,22,24);1H. The molecule has 0 saturated carbocycles. The van der Waals surface area contributed by atoms with Gasteiger partial charge in [0.05, 0.1) is 7.11 Å². The molecule has 2 aromatic carbocycles. The van der Waals surface area contributed by atoms with Crippen LogP contribution in [0.1, 0.15) is 18.4 Å². The molecule has 29 heavy (non-hydrogen) atoms. The zero-order valence-electron chi connectivity index (χ0n) is 16.7. The highest BCUT2D eigenvalue weighted by Gasteiger charge is 2.32. The number of ether oxygens (including phenoxy) is 1. The summed E-state index contributed by atoms with van der Waals surface area (Å²) in [4.78, 5) is 13.6. The quantitative estimate of drug-likeness (QED) is 0.801. The van der Waals surface area contributed by atoms with Gasteiger partial charge in [-0.3, -0.25) is 4.90 Å². The summed E-state index contributed by atoms with van der Waals surface area (Å²) in [5.41, 5.74) is 9.25. The first-order valence-corrected chi connectivity index (χ1v) is 9.57. The van der Waals surface area contributed by atoms with Crippen LogP contribution in [0.4, 0.5) is 11.4 Å². The molecule has 0 radical (unpaired) electrons. The summed E-state index contributed by atoms with van der Waals surface area (Å²) < 4.78 is 5.25. The maximum Gasteiger partial charge on any atom is 0.222 e. The van der Waals surface area contributed by atoms with Crippen molar-refractivity contribution in [3.05, 3.63) is 54.1 Å². The number of hydrogen-bond acceptors (Lipinski definition) is 7. The maximum atomic E-state index is 6.10. The maximum absolute atomic E-state index is 6.10. The van der Waals surface area contributed by atoms with Crippen molar-refractivity contribution < 1.29 is 4.74 Å². The number of hydrogen-bond donors (Lipinski definition) is 2. The summed E-state index contributed by atoms with van der Waals surface area (Å²) in [6.07, 6.45) is 1.94. The van der Waals surface area contributed by atoms with Crippen molar-refractivity contribution in [2.75, 3.05) is 30.4 Å². The van der Waals surface area contributed by atoms with Crippen molar-refractivity contribution in [2.24, 2.45) is 15.7 Å². The fourth-order valence-corrected chi connectivity index (χ4v) is 3.59. The summed E-state index contributed by atoms with van der Waals surface area (Å²) in [5, 5.41) is 3.48. The molecule has 4 rings (SSSR count). The van der Waals surface area contributed by atoms with E-state index in [-0.39, 0.29) is 24.7 Å². The molecule has 1 atom stereocenters. The van der Waals surface area contributed by atoms with E-state index in [1.165, 1.54) is 5.56 Å². The van der Waals surface area contributed by atoms with E-state index >= 15 is 0 Å². The van der Waals surface area contributed by atoms with Crippen LogP contribution in [0, 0.1) is 6.92 Å². The molecule has 0 aromatic heterocycles. The topological polar surface area (TPSA) is 78.5 Å². The molecule has 2 aliphatic heterocycles. The van der Waals surface area contributed by atoms with E-state index in [9.17, 15) is 0 Å². The predicted octanol–water partition coefficient (Wildman–Crippen LogP) is 3.41. The van der Waals surface area contributed by atoms with E-state index in [4.69, 9.17) is 10.5 Å². The van der Waals surface area contributed by atoms with Crippen molar-refractivity contribution in [2.45, 2.75) is 26.1 Å². The fourth-order valence-electron chi connectivity index (χ4n) is 3.59. The minimum absolute atomic E-state index is 0. The third-order valence-electron chi connectivity index (χ3n) is 4.98. The number of halogens is 1. The highest BCUT2D eigenvalue weighted by atomic mass is 35.5. The third-order valence-corrected chi connectivity index (χ3v) is 4.98. The second-order valence-electron chi connectivity index (χ2n) is 7.05. The Labute approximate surface area is 177 Å². The van der Waals surface area contributed by atoms with Gasteiger partial charge in [0.15, 0.2) is 0 Å². The van der Waals surface area contributed by atoms with Gasteiger partial charge >= 0.3 is 0 Å². The Hall–Kier alpha value is -2.93. The molecule has 0 aliphatic carbocycles. The van der Waals surface area contributed by atoms with Crippen LogP contribution in [0.25, 0.3) is 0 Å². The van der Waals surface area contributed by atoms with Gasteiger partial charge in [-0.1, -0.05) is 12.1 Å². The second kappa shape index (κ2) is 9.05. The first-order valence-electron chi connectivity index (χ1n) is 9.57. The van der Waals surface area contributed by atoms with E-state index in [2.05, 4.69) is 56.3 Å². The van der Waals surface area contributed by atoms with Crippen LogP contribution in [0.5, 0.6) is 5.75 Å². The second-order valence-corrected chi connectivity index (χ2v) is 7.05. The Morgan fingerprint density at radius 1 is 1.10 bits per heavy atom. The zero-order valence-corrected chi connectivity index (χ0v) is 17.5. The van der Waals surface area contributed by atoms with Crippen molar-refractivity contribution in [3.63, 3.8) is 0 Å². The number of nitrogens with one attached hydrogen (secondary N) is 1. The van der Waals surface area contributed by atoms with Gasteiger partial charge in [0.1, 0.15) is 5.75 Å². The molecule has 2 aromatic rings. The van der Waals surface area contributed by atoms with Gasteiger partial charge < -0.3 is 20.7 Å². The Morgan fingerprint density at radius 3 is 2.48 bits per heavy atom. The summed E-state index contributed by atoms with van der Waals surface area (Å²) in [6.45, 7) is 4.04. The molecule has 7 nitrogen and oxygen atoms in total. The molecule has 0 spiro atoms. The lowest BCUT2D eigenvalue weighted by Gasteiger charge is -2.38. The number of anilines is 2. The Balaban J connectivity index is 0.00000240. The van der Waals surface area contributed by atoms with Crippen LogP contribution in [-0.2, 0) is 0 Å². The lowest BCUT2D eigenvalue weighted by Crippen LogP contribution is -2.54. The molecule has 0 bridgehead atoms. The Kier molecular flexibility index (Phi) is 6.49. The number of benzene rings is 2. The molecule has 0 amide bonds. The number of nitrogens with zero attached hydrogens (tertiary/aromatic N) is 4. The Bertz CT molecular complexity index is 892. The molecule has 1 saturated heterocycles. The van der Waals surface area contributed by atoms with Crippen LogP contribution < -0.4 is 20.7 Å². The normalized spacial score (nSPS) is 18.6. The Morgan fingerprint density at radius 2 is 1.83 bits per heavy atom. The first kappa shape index (κ1) is 20.8.